The Morgan fingerprint density at radius 1 is 1.28 bits per heavy atom. The molecule has 0 aliphatic carbocycles. The van der Waals surface area contributed by atoms with Gasteiger partial charge in [0, 0.05) is 30.8 Å². The topological polar surface area (TPSA) is 62.3 Å². The molecule has 1 aliphatic rings. The van der Waals surface area contributed by atoms with Crippen LogP contribution in [0.5, 0.6) is 0 Å². The van der Waals surface area contributed by atoms with Crippen molar-refractivity contribution in [2.45, 2.75) is 20.4 Å². The van der Waals surface area contributed by atoms with Crippen LogP contribution >= 0.6 is 0 Å². The van der Waals surface area contributed by atoms with Gasteiger partial charge in [0.15, 0.2) is 0 Å². The average molecular weight is 247 g/mol. The Hall–Kier alpha value is -1.91. The SMILES string of the molecule is CNc1ccnc(CN2C(=O)C(C)C(C)C2=O)c1. The standard InChI is InChI=1S/C13H17N3O2/c1-8-9(2)13(18)16(12(8)17)7-11-6-10(14-3)4-5-15-11/h4-6,8-9H,7H2,1-3H3,(H,14,15). The van der Waals surface area contributed by atoms with Gasteiger partial charge in [-0.2, -0.15) is 0 Å². The van der Waals surface area contributed by atoms with Crippen LogP contribution in [0, 0.1) is 11.8 Å². The van der Waals surface area contributed by atoms with Crippen LogP contribution in [0.25, 0.3) is 0 Å². The maximum absolute atomic E-state index is 11.9. The Balaban J connectivity index is 2.18. The predicted molar refractivity (Wildman–Crippen MR) is 67.7 cm³/mol. The quantitative estimate of drug-likeness (QED) is 0.817. The van der Waals surface area contributed by atoms with Crippen molar-refractivity contribution in [2.75, 3.05) is 12.4 Å². The summed E-state index contributed by atoms with van der Waals surface area (Å²) in [4.78, 5) is 29.4. The van der Waals surface area contributed by atoms with Crippen LogP contribution < -0.4 is 5.32 Å². The molecule has 2 heterocycles. The van der Waals surface area contributed by atoms with Crippen molar-refractivity contribution in [2.24, 2.45) is 11.8 Å². The molecule has 1 aromatic heterocycles. The molecular formula is C13H17N3O2. The summed E-state index contributed by atoms with van der Waals surface area (Å²) in [7, 11) is 1.81. The smallest absolute Gasteiger partial charge is 0.233 e. The fourth-order valence-corrected chi connectivity index (χ4v) is 2.07. The lowest BCUT2D eigenvalue weighted by Crippen LogP contribution is -2.30. The number of imide groups is 1. The van der Waals surface area contributed by atoms with Gasteiger partial charge in [-0.05, 0) is 12.1 Å². The summed E-state index contributed by atoms with van der Waals surface area (Å²) in [5.74, 6) is -0.678. The third-order valence-electron chi connectivity index (χ3n) is 3.49. The molecule has 1 fully saturated rings. The van der Waals surface area contributed by atoms with Gasteiger partial charge in [-0.1, -0.05) is 13.8 Å². The van der Waals surface area contributed by atoms with E-state index in [0.29, 0.717) is 5.69 Å². The van der Waals surface area contributed by atoms with Crippen molar-refractivity contribution >= 4 is 17.5 Å². The second-order valence-electron chi connectivity index (χ2n) is 4.63. The van der Waals surface area contributed by atoms with Crippen molar-refractivity contribution in [3.8, 4) is 0 Å². The van der Waals surface area contributed by atoms with E-state index in [9.17, 15) is 9.59 Å². The van der Waals surface area contributed by atoms with Gasteiger partial charge in [0.1, 0.15) is 0 Å². The van der Waals surface area contributed by atoms with E-state index in [0.717, 1.165) is 5.69 Å². The maximum Gasteiger partial charge on any atom is 0.233 e. The molecule has 0 bridgehead atoms. The first-order valence-corrected chi connectivity index (χ1v) is 6.02. The van der Waals surface area contributed by atoms with E-state index in [1.165, 1.54) is 4.90 Å². The monoisotopic (exact) mass is 247 g/mol. The molecule has 2 atom stereocenters. The maximum atomic E-state index is 11.9. The number of anilines is 1. The molecule has 0 spiro atoms. The molecule has 0 radical (unpaired) electrons. The third kappa shape index (κ3) is 2.08. The second kappa shape index (κ2) is 4.76. The van der Waals surface area contributed by atoms with Crippen LogP contribution in [0.1, 0.15) is 19.5 Å². The minimum Gasteiger partial charge on any atom is -0.388 e. The highest BCUT2D eigenvalue weighted by Gasteiger charge is 2.42. The number of likely N-dealkylation sites (tertiary alicyclic amines) is 1. The normalized spacial score (nSPS) is 23.6. The van der Waals surface area contributed by atoms with E-state index in [1.54, 1.807) is 20.0 Å². The fourth-order valence-electron chi connectivity index (χ4n) is 2.07. The Labute approximate surface area is 106 Å². The first-order chi connectivity index (χ1) is 8.54. The van der Waals surface area contributed by atoms with E-state index in [1.807, 2.05) is 19.2 Å². The number of nitrogens with one attached hydrogen (secondary N) is 1. The Kier molecular flexibility index (Phi) is 3.32. The first kappa shape index (κ1) is 12.5. The molecule has 96 valence electrons. The molecule has 1 N–H and O–H groups in total. The number of carbonyl (C=O) groups is 2. The van der Waals surface area contributed by atoms with Crippen LogP contribution in [0.15, 0.2) is 18.3 Å². The number of aromatic nitrogens is 1. The molecule has 2 amide bonds. The lowest BCUT2D eigenvalue weighted by molar-refractivity contribution is -0.140. The highest BCUT2D eigenvalue weighted by Crippen LogP contribution is 2.26. The zero-order valence-electron chi connectivity index (χ0n) is 10.8. The summed E-state index contributed by atoms with van der Waals surface area (Å²) in [6.07, 6.45) is 1.67. The Morgan fingerprint density at radius 2 is 1.89 bits per heavy atom. The largest absolute Gasteiger partial charge is 0.388 e. The highest BCUT2D eigenvalue weighted by molar-refractivity contribution is 6.04. The number of rotatable bonds is 3. The van der Waals surface area contributed by atoms with Crippen LogP contribution in [-0.2, 0) is 16.1 Å². The van der Waals surface area contributed by atoms with Crippen molar-refractivity contribution in [1.82, 2.24) is 9.88 Å². The van der Waals surface area contributed by atoms with Crippen LogP contribution in [0.2, 0.25) is 0 Å². The van der Waals surface area contributed by atoms with E-state index >= 15 is 0 Å². The molecule has 2 rings (SSSR count). The van der Waals surface area contributed by atoms with Gasteiger partial charge in [0.25, 0.3) is 0 Å². The molecule has 0 saturated carbocycles. The Bertz CT molecular complexity index is 467. The minimum atomic E-state index is -0.231. The van der Waals surface area contributed by atoms with Crippen molar-refractivity contribution in [3.05, 3.63) is 24.0 Å². The van der Waals surface area contributed by atoms with Gasteiger partial charge in [-0.25, -0.2) is 0 Å². The summed E-state index contributed by atoms with van der Waals surface area (Å²) in [5.41, 5.74) is 1.63. The number of carbonyl (C=O) groups excluding carboxylic acids is 2. The van der Waals surface area contributed by atoms with Crippen molar-refractivity contribution in [3.63, 3.8) is 0 Å². The number of pyridine rings is 1. The number of amides is 2. The first-order valence-electron chi connectivity index (χ1n) is 6.02. The zero-order valence-corrected chi connectivity index (χ0v) is 10.8. The lowest BCUT2D eigenvalue weighted by atomic mass is 10.00. The summed E-state index contributed by atoms with van der Waals surface area (Å²) in [5, 5.41) is 3.00. The molecular weight excluding hydrogens is 230 g/mol. The average Bonchev–Trinajstić information content (AvgIpc) is 2.57. The molecule has 18 heavy (non-hydrogen) atoms. The zero-order chi connectivity index (χ0) is 13.3. The van der Waals surface area contributed by atoms with Crippen LogP contribution in [0.3, 0.4) is 0 Å². The summed E-state index contributed by atoms with van der Waals surface area (Å²) < 4.78 is 0. The Morgan fingerprint density at radius 3 is 2.44 bits per heavy atom. The van der Waals surface area contributed by atoms with Gasteiger partial charge < -0.3 is 5.32 Å². The molecule has 5 nitrogen and oxygen atoms in total. The van der Waals surface area contributed by atoms with Gasteiger partial charge in [0.2, 0.25) is 11.8 Å². The molecule has 2 unspecified atom stereocenters. The number of hydrogen-bond acceptors (Lipinski definition) is 4. The van der Waals surface area contributed by atoms with Crippen molar-refractivity contribution < 1.29 is 9.59 Å². The minimum absolute atomic E-state index is 0.107. The fraction of sp³-hybridized carbons (Fsp3) is 0.462. The number of nitrogens with zero attached hydrogens (tertiary/aromatic N) is 2. The summed E-state index contributed by atoms with van der Waals surface area (Å²) in [6, 6.07) is 3.68. The third-order valence-corrected chi connectivity index (χ3v) is 3.49. The van der Waals surface area contributed by atoms with E-state index in [2.05, 4.69) is 10.3 Å². The highest BCUT2D eigenvalue weighted by atomic mass is 16.2. The summed E-state index contributed by atoms with van der Waals surface area (Å²) in [6.45, 7) is 3.84. The molecule has 0 aromatic carbocycles. The van der Waals surface area contributed by atoms with E-state index < -0.39 is 0 Å². The lowest BCUT2D eigenvalue weighted by Gasteiger charge is -2.14. The molecule has 1 saturated heterocycles. The van der Waals surface area contributed by atoms with Crippen LogP contribution in [-0.4, -0.2) is 28.7 Å². The summed E-state index contributed by atoms with van der Waals surface area (Å²) >= 11 is 0. The van der Waals surface area contributed by atoms with E-state index in [4.69, 9.17) is 0 Å². The van der Waals surface area contributed by atoms with Gasteiger partial charge in [-0.15, -0.1) is 0 Å². The van der Waals surface area contributed by atoms with Gasteiger partial charge in [-0.3, -0.25) is 19.5 Å². The van der Waals surface area contributed by atoms with Gasteiger partial charge in [0.05, 0.1) is 12.2 Å². The number of hydrogen-bond donors (Lipinski definition) is 1. The second-order valence-corrected chi connectivity index (χ2v) is 4.63. The molecule has 5 heteroatoms. The van der Waals surface area contributed by atoms with Gasteiger partial charge >= 0.3 is 0 Å². The van der Waals surface area contributed by atoms with E-state index in [-0.39, 0.29) is 30.2 Å². The van der Waals surface area contributed by atoms with Crippen LogP contribution in [0.4, 0.5) is 5.69 Å². The molecule has 1 aromatic rings. The molecule has 1 aliphatic heterocycles. The predicted octanol–water partition coefficient (Wildman–Crippen LogP) is 1.26. The van der Waals surface area contributed by atoms with Crippen molar-refractivity contribution in [1.29, 1.82) is 0 Å².